The first-order valence-electron chi connectivity index (χ1n) is 10.4. The van der Waals surface area contributed by atoms with Gasteiger partial charge in [-0.3, -0.25) is 0 Å². The molecule has 1 aliphatic carbocycles. The van der Waals surface area contributed by atoms with Gasteiger partial charge in [0, 0.05) is 0 Å². The van der Waals surface area contributed by atoms with Crippen molar-refractivity contribution in [2.24, 2.45) is 11.8 Å². The second kappa shape index (κ2) is 13.8. The van der Waals surface area contributed by atoms with Crippen LogP contribution in [0.15, 0.2) is 58.5 Å². The van der Waals surface area contributed by atoms with Crippen molar-refractivity contribution in [3.8, 4) is 0 Å². The first-order chi connectivity index (χ1) is 12.3. The van der Waals surface area contributed by atoms with Crippen LogP contribution in [0.25, 0.3) is 0 Å². The molecule has 0 aliphatic heterocycles. The summed E-state index contributed by atoms with van der Waals surface area (Å²) < 4.78 is 14.2. The lowest BCUT2D eigenvalue weighted by molar-refractivity contribution is 0.453. The maximum Gasteiger partial charge on any atom is 0.126 e. The zero-order valence-electron chi connectivity index (χ0n) is 18.5. The third-order valence-electron chi connectivity index (χ3n) is 4.82. The van der Waals surface area contributed by atoms with E-state index in [-0.39, 0.29) is 5.83 Å². The fourth-order valence-electron chi connectivity index (χ4n) is 3.02. The lowest BCUT2D eigenvalue weighted by Gasteiger charge is -2.20. The van der Waals surface area contributed by atoms with Crippen molar-refractivity contribution < 1.29 is 4.39 Å². The third-order valence-corrected chi connectivity index (χ3v) is 4.82. The van der Waals surface area contributed by atoms with Crippen molar-refractivity contribution in [3.05, 3.63) is 58.5 Å². The molecule has 0 fully saturated rings. The van der Waals surface area contributed by atoms with Crippen LogP contribution >= 0.6 is 0 Å². The average Bonchev–Trinajstić information content (AvgIpc) is 2.62. The van der Waals surface area contributed by atoms with Crippen molar-refractivity contribution in [1.82, 2.24) is 0 Å². The van der Waals surface area contributed by atoms with Gasteiger partial charge in [0.15, 0.2) is 0 Å². The Hall–Kier alpha value is -1.37. The van der Waals surface area contributed by atoms with Crippen molar-refractivity contribution in [2.45, 2.75) is 87.5 Å². The highest BCUT2D eigenvalue weighted by Crippen LogP contribution is 2.27. The number of hydrogen-bond acceptors (Lipinski definition) is 0. The molecule has 1 aliphatic rings. The van der Waals surface area contributed by atoms with E-state index in [1.807, 2.05) is 34.6 Å². The van der Waals surface area contributed by atoms with Crippen molar-refractivity contribution in [3.63, 3.8) is 0 Å². The monoisotopic (exact) mass is 360 g/mol. The molecule has 0 amide bonds. The van der Waals surface area contributed by atoms with E-state index >= 15 is 0 Å². The summed E-state index contributed by atoms with van der Waals surface area (Å²) in [5.41, 5.74) is 4.20. The van der Waals surface area contributed by atoms with Gasteiger partial charge in [-0.05, 0) is 88.9 Å². The lowest BCUT2D eigenvalue weighted by atomic mass is 9.86. The number of halogens is 1. The molecule has 1 heteroatoms. The highest BCUT2D eigenvalue weighted by molar-refractivity contribution is 5.38. The molecule has 0 radical (unpaired) electrons. The Morgan fingerprint density at radius 3 is 2.19 bits per heavy atom. The number of hydrogen-bond donors (Lipinski definition) is 0. The van der Waals surface area contributed by atoms with Crippen LogP contribution in [0.2, 0.25) is 0 Å². The van der Waals surface area contributed by atoms with Gasteiger partial charge < -0.3 is 0 Å². The van der Waals surface area contributed by atoms with E-state index in [0.29, 0.717) is 0 Å². The minimum Gasteiger partial charge on any atom is -0.207 e. The second-order valence-electron chi connectivity index (χ2n) is 7.49. The van der Waals surface area contributed by atoms with Crippen LogP contribution in [0.3, 0.4) is 0 Å². The quantitative estimate of drug-likeness (QED) is 0.314. The Morgan fingerprint density at radius 1 is 1.04 bits per heavy atom. The predicted molar refractivity (Wildman–Crippen MR) is 117 cm³/mol. The Kier molecular flexibility index (Phi) is 13.1. The average molecular weight is 361 g/mol. The summed E-state index contributed by atoms with van der Waals surface area (Å²) >= 11 is 0. The summed E-state index contributed by atoms with van der Waals surface area (Å²) in [5, 5.41) is 0. The Labute approximate surface area is 162 Å². The van der Waals surface area contributed by atoms with E-state index in [0.717, 1.165) is 41.4 Å². The molecule has 0 aromatic carbocycles. The Morgan fingerprint density at radius 2 is 1.69 bits per heavy atom. The zero-order valence-corrected chi connectivity index (χ0v) is 18.5. The van der Waals surface area contributed by atoms with E-state index < -0.39 is 0 Å². The molecule has 0 N–H and O–H groups in total. The molecule has 0 aromatic heterocycles. The summed E-state index contributed by atoms with van der Waals surface area (Å²) in [6, 6.07) is 0. The van der Waals surface area contributed by atoms with Crippen molar-refractivity contribution >= 4 is 0 Å². The lowest BCUT2D eigenvalue weighted by Crippen LogP contribution is -2.06. The molecule has 26 heavy (non-hydrogen) atoms. The van der Waals surface area contributed by atoms with E-state index in [9.17, 15) is 4.39 Å². The van der Waals surface area contributed by atoms with E-state index in [4.69, 9.17) is 0 Å². The fraction of sp³-hybridized carbons (Fsp3) is 0.600. The maximum absolute atomic E-state index is 14.2. The molecule has 0 bridgehead atoms. The minimum absolute atomic E-state index is 0.115. The summed E-state index contributed by atoms with van der Waals surface area (Å²) in [5.74, 6) is 1.37. The van der Waals surface area contributed by atoms with Crippen LogP contribution in [0, 0.1) is 11.8 Å². The molecule has 0 spiro atoms. The van der Waals surface area contributed by atoms with Gasteiger partial charge in [0.05, 0.1) is 0 Å². The minimum atomic E-state index is -0.115. The van der Waals surface area contributed by atoms with Gasteiger partial charge in [0.1, 0.15) is 5.83 Å². The molecule has 0 heterocycles. The Bertz CT molecular complexity index is 551. The maximum atomic E-state index is 14.2. The largest absolute Gasteiger partial charge is 0.207 e. The van der Waals surface area contributed by atoms with Gasteiger partial charge in [-0.25, -0.2) is 4.39 Å². The van der Waals surface area contributed by atoms with Crippen molar-refractivity contribution in [1.29, 1.82) is 0 Å². The van der Waals surface area contributed by atoms with Crippen LogP contribution in [0.4, 0.5) is 4.39 Å². The molecule has 0 saturated heterocycles. The molecule has 0 saturated carbocycles. The molecule has 2 unspecified atom stereocenters. The van der Waals surface area contributed by atoms with Crippen molar-refractivity contribution in [2.75, 3.05) is 0 Å². The zero-order chi connectivity index (χ0) is 20.1. The summed E-state index contributed by atoms with van der Waals surface area (Å²) in [6.45, 7) is 16.3. The van der Waals surface area contributed by atoms with Gasteiger partial charge in [-0.2, -0.15) is 0 Å². The van der Waals surface area contributed by atoms with Crippen LogP contribution < -0.4 is 0 Å². The van der Waals surface area contributed by atoms with Gasteiger partial charge in [-0.15, -0.1) is 0 Å². The van der Waals surface area contributed by atoms with Gasteiger partial charge in [-0.1, -0.05) is 63.1 Å². The molecule has 0 nitrogen and oxygen atoms in total. The number of rotatable bonds is 7. The highest BCUT2D eigenvalue weighted by Gasteiger charge is 2.12. The van der Waals surface area contributed by atoms with E-state index in [2.05, 4.69) is 45.1 Å². The van der Waals surface area contributed by atoms with E-state index in [1.54, 1.807) is 6.08 Å². The smallest absolute Gasteiger partial charge is 0.126 e. The standard InChI is InChI=1S/C23H35F.C2H6/c1-7-22(20(6)23(24)16-17(2)3)15-11-19(5)10-14-21-12-8-18(4)9-13-21;1-2/h8,11-12,15-16,18,21H,7,9-10,13-14H2,1-6H3;1-2H3/b19-11+,22-15+,23-20-;. The van der Waals surface area contributed by atoms with Crippen LogP contribution in [-0.4, -0.2) is 0 Å². The second-order valence-corrected chi connectivity index (χ2v) is 7.49. The molecular formula is C25H41F. The van der Waals surface area contributed by atoms with Gasteiger partial charge >= 0.3 is 0 Å². The molecule has 1 rings (SSSR count). The normalized spacial score (nSPS) is 21.6. The summed E-state index contributed by atoms with van der Waals surface area (Å²) in [6.07, 6.45) is 16.5. The SMILES string of the molecule is CC.CCC(=C\C=C(/C)CCC1C=CC(C)CC1)/C(C)=C(\F)C=C(C)C. The molecule has 2 atom stereocenters. The topological polar surface area (TPSA) is 0 Å². The summed E-state index contributed by atoms with van der Waals surface area (Å²) in [4.78, 5) is 0. The fourth-order valence-corrected chi connectivity index (χ4v) is 3.02. The predicted octanol–water partition coefficient (Wildman–Crippen LogP) is 8.89. The van der Waals surface area contributed by atoms with Crippen LogP contribution in [0.1, 0.15) is 87.5 Å². The highest BCUT2D eigenvalue weighted by atomic mass is 19.1. The Balaban J connectivity index is 0.00000301. The van der Waals surface area contributed by atoms with Crippen LogP contribution in [0.5, 0.6) is 0 Å². The molecule has 148 valence electrons. The molecule has 0 aromatic rings. The van der Waals surface area contributed by atoms with Gasteiger partial charge in [0.2, 0.25) is 0 Å². The summed E-state index contributed by atoms with van der Waals surface area (Å²) in [7, 11) is 0. The first kappa shape index (κ1) is 24.6. The van der Waals surface area contributed by atoms with Gasteiger partial charge in [0.25, 0.3) is 0 Å². The number of allylic oxidation sites excluding steroid dienone is 10. The van der Waals surface area contributed by atoms with E-state index in [1.165, 1.54) is 24.8 Å². The van der Waals surface area contributed by atoms with Crippen LogP contribution in [-0.2, 0) is 0 Å². The molecular weight excluding hydrogens is 319 g/mol. The third kappa shape index (κ3) is 9.94. The first-order valence-corrected chi connectivity index (χ1v) is 10.4.